The third-order valence-corrected chi connectivity index (χ3v) is 10.3. The number of nitrogens with two attached hydrogens (primary N) is 2. The van der Waals surface area contributed by atoms with Crippen LogP contribution in [0, 0.1) is 5.41 Å². The lowest BCUT2D eigenvalue weighted by Gasteiger charge is -2.32. The maximum Gasteiger partial charge on any atom is 0.316 e. The van der Waals surface area contributed by atoms with Crippen molar-refractivity contribution in [3.63, 3.8) is 0 Å². The molecule has 0 spiro atoms. The summed E-state index contributed by atoms with van der Waals surface area (Å²) >= 11 is 0. The van der Waals surface area contributed by atoms with Gasteiger partial charge < -0.3 is 51.2 Å². The number of aromatic nitrogens is 8. The molecule has 0 amide bonds. The molecule has 0 aliphatic carbocycles. The lowest BCUT2D eigenvalue weighted by atomic mass is 9.76. The molecule has 2 fully saturated rings. The van der Waals surface area contributed by atoms with Crippen LogP contribution in [0.5, 0.6) is 0 Å². The molecule has 0 aromatic carbocycles. The van der Waals surface area contributed by atoms with Crippen molar-refractivity contribution < 1.29 is 49.3 Å². The highest BCUT2D eigenvalue weighted by atomic mass is 16.6. The van der Waals surface area contributed by atoms with Crippen molar-refractivity contribution in [2.75, 3.05) is 18.1 Å². The van der Waals surface area contributed by atoms with E-state index in [9.17, 15) is 30.0 Å². The van der Waals surface area contributed by atoms with Crippen LogP contribution in [0.25, 0.3) is 22.3 Å². The number of nitrogen functional groups attached to an aromatic ring is 2. The number of nitrogens with zero attached hydrogens (tertiary/aromatic N) is 8. The van der Waals surface area contributed by atoms with Crippen molar-refractivity contribution in [2.24, 2.45) is 5.41 Å². The van der Waals surface area contributed by atoms with Crippen LogP contribution in [-0.2, 0) is 23.8 Å². The van der Waals surface area contributed by atoms with E-state index in [-0.39, 0.29) is 47.7 Å². The smallest absolute Gasteiger partial charge is 0.316 e. The van der Waals surface area contributed by atoms with Crippen LogP contribution in [0.15, 0.2) is 38.0 Å². The normalized spacial score (nSPS) is 26.7. The zero-order valence-electron chi connectivity index (χ0n) is 29.5. The standard InChI is InChI=1S/C34H46N10O10/c1-2-34(11-9-7-5-3-4-6-8-10-20(45)46,12-18-23(47)25(49)31(53-18)43-16-41-21-27(35)37-14-39-29(21)43)33(51)52-13-19-24(48)26(50)32(54-19)44-17-42-22-28(36)38-15-40-30(22)44/h2,14-19,23-26,31-32,47-50H,1,3-13H2,(H,45,46)(H2,35,37,39)(H2,36,38,40)/t18-,19-,23-,24-,25-,26-,31-,32-,34?/m1/s1. The topological polar surface area (TPSA) is 302 Å². The summed E-state index contributed by atoms with van der Waals surface area (Å²) in [5.74, 6) is -1.28. The molecule has 4 aromatic rings. The monoisotopic (exact) mass is 754 g/mol. The minimum atomic E-state index is -1.45. The molecule has 4 aromatic heterocycles. The van der Waals surface area contributed by atoms with Gasteiger partial charge in [-0.3, -0.25) is 18.7 Å². The number of esters is 1. The summed E-state index contributed by atoms with van der Waals surface area (Å²) in [7, 11) is 0. The third-order valence-electron chi connectivity index (χ3n) is 10.3. The molecule has 54 heavy (non-hydrogen) atoms. The van der Waals surface area contributed by atoms with Crippen molar-refractivity contribution in [3.8, 4) is 0 Å². The number of imidazole rings is 2. The summed E-state index contributed by atoms with van der Waals surface area (Å²) in [6.07, 6.45) is 2.08. The van der Waals surface area contributed by atoms with E-state index in [4.69, 9.17) is 30.8 Å². The Labute approximate surface area is 308 Å². The highest BCUT2D eigenvalue weighted by Gasteiger charge is 2.50. The molecule has 0 radical (unpaired) electrons. The van der Waals surface area contributed by atoms with Crippen molar-refractivity contribution in [3.05, 3.63) is 38.0 Å². The van der Waals surface area contributed by atoms with E-state index in [1.54, 1.807) is 0 Å². The molecular formula is C34H46N10O10. The van der Waals surface area contributed by atoms with Crippen LogP contribution >= 0.6 is 0 Å². The number of aliphatic hydroxyl groups excluding tert-OH is 4. The summed E-state index contributed by atoms with van der Waals surface area (Å²) in [6, 6.07) is 0. The zero-order valence-corrected chi connectivity index (χ0v) is 29.5. The summed E-state index contributed by atoms with van der Waals surface area (Å²) in [5.41, 5.74) is 11.6. The van der Waals surface area contributed by atoms with Gasteiger partial charge >= 0.3 is 11.9 Å². The number of carbonyl (C=O) groups excluding carboxylic acids is 1. The first kappa shape index (κ1) is 38.9. The van der Waals surface area contributed by atoms with Crippen LogP contribution in [0.3, 0.4) is 0 Å². The van der Waals surface area contributed by atoms with E-state index >= 15 is 0 Å². The Kier molecular flexibility index (Phi) is 12.0. The molecule has 2 aliphatic heterocycles. The fourth-order valence-electron chi connectivity index (χ4n) is 7.15. The summed E-state index contributed by atoms with van der Waals surface area (Å²) < 4.78 is 20.8. The number of carbonyl (C=O) groups is 2. The molecule has 9 atom stereocenters. The minimum absolute atomic E-state index is 0.121. The quantitative estimate of drug-likeness (QED) is 0.0419. The van der Waals surface area contributed by atoms with Gasteiger partial charge in [0.2, 0.25) is 0 Å². The van der Waals surface area contributed by atoms with Crippen molar-refractivity contribution in [2.45, 2.75) is 113 Å². The van der Waals surface area contributed by atoms with E-state index in [1.807, 2.05) is 0 Å². The van der Waals surface area contributed by atoms with Crippen molar-refractivity contribution in [1.29, 1.82) is 0 Å². The molecule has 9 N–H and O–H groups in total. The minimum Gasteiger partial charge on any atom is -0.481 e. The molecule has 20 nitrogen and oxygen atoms in total. The highest BCUT2D eigenvalue weighted by Crippen LogP contribution is 2.42. The first-order valence-corrected chi connectivity index (χ1v) is 17.9. The van der Waals surface area contributed by atoms with Gasteiger partial charge in [-0.25, -0.2) is 29.9 Å². The van der Waals surface area contributed by atoms with Gasteiger partial charge in [0.05, 0.1) is 24.2 Å². The Morgan fingerprint density at radius 3 is 1.80 bits per heavy atom. The number of rotatable bonds is 18. The number of hydrogen-bond donors (Lipinski definition) is 7. The van der Waals surface area contributed by atoms with Gasteiger partial charge in [0, 0.05) is 6.42 Å². The Morgan fingerprint density at radius 2 is 1.26 bits per heavy atom. The van der Waals surface area contributed by atoms with E-state index in [0.29, 0.717) is 18.4 Å². The van der Waals surface area contributed by atoms with Gasteiger partial charge in [0.25, 0.3) is 0 Å². The van der Waals surface area contributed by atoms with Gasteiger partial charge in [0.15, 0.2) is 35.4 Å². The number of ether oxygens (including phenoxy) is 3. The average molecular weight is 755 g/mol. The largest absolute Gasteiger partial charge is 0.481 e. The SMILES string of the molecule is C=CC(CCCCCCCCCC(=O)O)(C[C@H]1O[C@@H](n2cnc3c(N)ncnc32)[C@H](O)[C@@H]1O)C(=O)OC[C@H]1O[C@@H](n2cnc3c(N)ncnc32)[C@H](O)[C@@H]1O. The molecular weight excluding hydrogens is 708 g/mol. The molecule has 6 rings (SSSR count). The second-order valence-corrected chi connectivity index (χ2v) is 13.8. The fourth-order valence-corrected chi connectivity index (χ4v) is 7.15. The van der Waals surface area contributed by atoms with Crippen molar-refractivity contribution >= 4 is 45.9 Å². The average Bonchev–Trinajstić information content (AvgIpc) is 3.92. The van der Waals surface area contributed by atoms with Crippen LogP contribution in [0.4, 0.5) is 11.6 Å². The Morgan fingerprint density at radius 1 is 0.759 bits per heavy atom. The number of aliphatic carboxylic acids is 1. The molecule has 1 unspecified atom stereocenters. The van der Waals surface area contributed by atoms with Gasteiger partial charge in [-0.2, -0.15) is 0 Å². The summed E-state index contributed by atoms with van der Waals surface area (Å²) in [6.45, 7) is 3.52. The molecule has 2 saturated heterocycles. The number of carboxylic acids is 1. The lowest BCUT2D eigenvalue weighted by molar-refractivity contribution is -0.162. The second kappa shape index (κ2) is 16.7. The van der Waals surface area contributed by atoms with Crippen LogP contribution in [0.1, 0.15) is 76.7 Å². The lowest BCUT2D eigenvalue weighted by Crippen LogP contribution is -2.41. The van der Waals surface area contributed by atoms with Gasteiger partial charge in [-0.1, -0.05) is 44.6 Å². The first-order chi connectivity index (χ1) is 26.0. The first-order valence-electron chi connectivity index (χ1n) is 17.9. The molecule has 0 saturated carbocycles. The Balaban J connectivity index is 1.15. The van der Waals surface area contributed by atoms with Crippen LogP contribution < -0.4 is 11.5 Å². The van der Waals surface area contributed by atoms with Crippen LogP contribution in [-0.4, -0.2) is 120 Å². The number of anilines is 2. The van der Waals surface area contributed by atoms with Gasteiger partial charge in [0.1, 0.15) is 60.8 Å². The third kappa shape index (κ3) is 7.84. The number of fused-ring (bicyclic) bond motifs is 2. The molecule has 6 heterocycles. The maximum atomic E-state index is 14.1. The van der Waals surface area contributed by atoms with Gasteiger partial charge in [-0.15, -0.1) is 6.58 Å². The summed E-state index contributed by atoms with van der Waals surface area (Å²) in [4.78, 5) is 49.5. The highest BCUT2D eigenvalue weighted by molar-refractivity contribution is 5.82. The molecule has 0 bridgehead atoms. The van der Waals surface area contributed by atoms with Crippen molar-refractivity contribution in [1.82, 2.24) is 39.0 Å². The number of carboxylic acid groups (broad SMARTS) is 1. The Bertz CT molecular complexity index is 1940. The molecule has 20 heteroatoms. The van der Waals surface area contributed by atoms with E-state index in [0.717, 1.165) is 32.1 Å². The number of hydrogen-bond acceptors (Lipinski definition) is 17. The van der Waals surface area contributed by atoms with E-state index in [1.165, 1.54) is 40.5 Å². The fraction of sp³-hybridized carbons (Fsp3) is 0.588. The van der Waals surface area contributed by atoms with Gasteiger partial charge in [-0.05, 0) is 19.3 Å². The molecule has 292 valence electrons. The zero-order chi connectivity index (χ0) is 38.6. The molecule has 2 aliphatic rings. The van der Waals surface area contributed by atoms with Crippen LogP contribution in [0.2, 0.25) is 0 Å². The van der Waals surface area contributed by atoms with E-state index < -0.39 is 73.0 Å². The maximum absolute atomic E-state index is 14.1. The summed E-state index contributed by atoms with van der Waals surface area (Å²) in [5, 5.41) is 53.0. The van der Waals surface area contributed by atoms with E-state index in [2.05, 4.69) is 36.5 Å². The predicted octanol–water partition coefficient (Wildman–Crippen LogP) is 0.770. The number of unbranched alkanes of at least 4 members (excludes halogenated alkanes) is 6. The second-order valence-electron chi connectivity index (χ2n) is 13.8. The predicted molar refractivity (Wildman–Crippen MR) is 189 cm³/mol. The number of aliphatic hydroxyl groups is 4. The Hall–Kier alpha value is -4.86.